The van der Waals surface area contributed by atoms with E-state index >= 15 is 0 Å². The molecule has 2 unspecified atom stereocenters. The molecule has 6 heteroatoms. The van der Waals surface area contributed by atoms with E-state index in [-0.39, 0.29) is 0 Å². The zero-order valence-corrected chi connectivity index (χ0v) is 18.7. The Morgan fingerprint density at radius 3 is 1.62 bits per heavy atom. The van der Waals surface area contributed by atoms with Crippen molar-refractivity contribution in [3.8, 4) is 11.8 Å². The Bertz CT molecular complexity index is 1250. The van der Waals surface area contributed by atoms with E-state index in [1.54, 1.807) is 0 Å². The first kappa shape index (κ1) is 19.5. The summed E-state index contributed by atoms with van der Waals surface area (Å²) in [5, 5.41) is 0. The van der Waals surface area contributed by atoms with E-state index < -0.39 is 0 Å². The van der Waals surface area contributed by atoms with E-state index in [1.807, 2.05) is 0 Å². The standard InChI is InChI=1S/C26H28N6/c1-31-13-3-5-23(31)25-27-19-11-9-17(15-21(19)29-25)7-8-18-10-12-20-22(16-18)30-26(28-20)24-6-4-14-32(24)2/h9-12,15-16,23-24H,3-6,13-14H2,1-2H3,(H,27,29)(H,28,30). The minimum Gasteiger partial charge on any atom is -0.341 e. The molecule has 2 atom stereocenters. The van der Waals surface area contributed by atoms with Crippen LogP contribution in [0.5, 0.6) is 0 Å². The van der Waals surface area contributed by atoms with Crippen molar-refractivity contribution >= 4 is 22.1 Å². The first-order valence-electron chi connectivity index (χ1n) is 11.6. The maximum absolute atomic E-state index is 4.82. The number of fused-ring (bicyclic) bond motifs is 2. The van der Waals surface area contributed by atoms with Crippen molar-refractivity contribution in [1.29, 1.82) is 0 Å². The molecule has 162 valence electrons. The van der Waals surface area contributed by atoms with Gasteiger partial charge in [-0.2, -0.15) is 0 Å². The molecule has 2 aliphatic heterocycles. The maximum Gasteiger partial charge on any atom is 0.124 e. The Morgan fingerprint density at radius 1 is 0.750 bits per heavy atom. The van der Waals surface area contributed by atoms with Gasteiger partial charge in [0.25, 0.3) is 0 Å². The Hall–Kier alpha value is -3.14. The van der Waals surface area contributed by atoms with Crippen LogP contribution in [0.25, 0.3) is 22.1 Å². The second kappa shape index (κ2) is 7.77. The van der Waals surface area contributed by atoms with Crippen LogP contribution in [-0.2, 0) is 0 Å². The molecular formula is C26H28N6. The van der Waals surface area contributed by atoms with Gasteiger partial charge in [-0.05, 0) is 89.3 Å². The van der Waals surface area contributed by atoms with Gasteiger partial charge in [0.15, 0.2) is 0 Å². The molecule has 0 bridgehead atoms. The van der Waals surface area contributed by atoms with Crippen molar-refractivity contribution in [3.05, 3.63) is 59.2 Å². The molecule has 2 aromatic carbocycles. The van der Waals surface area contributed by atoms with Crippen LogP contribution in [0.2, 0.25) is 0 Å². The van der Waals surface area contributed by atoms with Crippen molar-refractivity contribution in [2.45, 2.75) is 37.8 Å². The predicted molar refractivity (Wildman–Crippen MR) is 127 cm³/mol. The largest absolute Gasteiger partial charge is 0.341 e. The molecule has 32 heavy (non-hydrogen) atoms. The van der Waals surface area contributed by atoms with E-state index in [4.69, 9.17) is 9.97 Å². The summed E-state index contributed by atoms with van der Waals surface area (Å²) in [6.07, 6.45) is 4.79. The molecule has 4 aromatic rings. The van der Waals surface area contributed by atoms with Gasteiger partial charge >= 0.3 is 0 Å². The van der Waals surface area contributed by atoms with Crippen molar-refractivity contribution < 1.29 is 0 Å². The number of nitrogens with one attached hydrogen (secondary N) is 2. The summed E-state index contributed by atoms with van der Waals surface area (Å²) in [5.41, 5.74) is 6.11. The van der Waals surface area contributed by atoms with Gasteiger partial charge in [0, 0.05) is 11.1 Å². The molecule has 0 amide bonds. The predicted octanol–water partition coefficient (Wildman–Crippen LogP) is 4.37. The number of aromatic nitrogens is 4. The van der Waals surface area contributed by atoms with E-state index in [2.05, 4.69) is 82.1 Å². The maximum atomic E-state index is 4.82. The number of rotatable bonds is 2. The second-order valence-electron chi connectivity index (χ2n) is 9.24. The first-order valence-corrected chi connectivity index (χ1v) is 11.6. The van der Waals surface area contributed by atoms with Gasteiger partial charge in [-0.1, -0.05) is 11.8 Å². The topological polar surface area (TPSA) is 63.8 Å². The van der Waals surface area contributed by atoms with Gasteiger partial charge in [-0.3, -0.25) is 9.80 Å². The summed E-state index contributed by atoms with van der Waals surface area (Å²) in [6, 6.07) is 13.3. The summed E-state index contributed by atoms with van der Waals surface area (Å²) in [4.78, 5) is 21.4. The van der Waals surface area contributed by atoms with E-state index in [1.165, 1.54) is 12.8 Å². The van der Waals surface area contributed by atoms with Crippen LogP contribution in [0.1, 0.15) is 60.5 Å². The summed E-state index contributed by atoms with van der Waals surface area (Å²) < 4.78 is 0. The average Bonchev–Trinajstić information content (AvgIpc) is 3.56. The molecule has 0 spiro atoms. The Kier molecular flexibility index (Phi) is 4.74. The number of hydrogen-bond donors (Lipinski definition) is 2. The van der Waals surface area contributed by atoms with Gasteiger partial charge in [-0.15, -0.1) is 0 Å². The highest BCUT2D eigenvalue weighted by atomic mass is 15.2. The minimum atomic E-state index is 0.395. The smallest absolute Gasteiger partial charge is 0.124 e. The molecule has 6 rings (SSSR count). The number of imidazole rings is 2. The highest BCUT2D eigenvalue weighted by molar-refractivity contribution is 5.78. The quantitative estimate of drug-likeness (QED) is 0.469. The normalized spacial score (nSPS) is 22.1. The number of likely N-dealkylation sites (tertiary alicyclic amines) is 2. The summed E-state index contributed by atoms with van der Waals surface area (Å²) in [5.74, 6) is 8.78. The van der Waals surface area contributed by atoms with E-state index in [0.717, 1.165) is 70.8 Å². The van der Waals surface area contributed by atoms with Crippen LogP contribution >= 0.6 is 0 Å². The highest BCUT2D eigenvalue weighted by Gasteiger charge is 2.26. The molecule has 2 saturated heterocycles. The molecular weight excluding hydrogens is 396 g/mol. The molecule has 2 N–H and O–H groups in total. The lowest BCUT2D eigenvalue weighted by Gasteiger charge is -2.16. The number of benzene rings is 2. The third-order valence-corrected chi connectivity index (χ3v) is 7.02. The van der Waals surface area contributed by atoms with Crippen LogP contribution in [0.4, 0.5) is 0 Å². The first-order chi connectivity index (χ1) is 15.6. The number of hydrogen-bond acceptors (Lipinski definition) is 4. The lowest BCUT2D eigenvalue weighted by atomic mass is 10.1. The van der Waals surface area contributed by atoms with E-state index in [9.17, 15) is 0 Å². The van der Waals surface area contributed by atoms with Crippen molar-refractivity contribution in [1.82, 2.24) is 29.7 Å². The van der Waals surface area contributed by atoms with Crippen LogP contribution in [0.3, 0.4) is 0 Å². The van der Waals surface area contributed by atoms with Crippen molar-refractivity contribution in [2.24, 2.45) is 0 Å². The Morgan fingerprint density at radius 2 is 1.22 bits per heavy atom. The van der Waals surface area contributed by atoms with Gasteiger partial charge in [0.1, 0.15) is 11.6 Å². The minimum absolute atomic E-state index is 0.395. The monoisotopic (exact) mass is 424 g/mol. The second-order valence-corrected chi connectivity index (χ2v) is 9.24. The molecule has 2 fully saturated rings. The van der Waals surface area contributed by atoms with Gasteiger partial charge < -0.3 is 9.97 Å². The average molecular weight is 425 g/mol. The van der Waals surface area contributed by atoms with Gasteiger partial charge in [0.2, 0.25) is 0 Å². The number of H-pyrrole nitrogens is 2. The molecule has 6 nitrogen and oxygen atoms in total. The molecule has 2 aromatic heterocycles. The van der Waals surface area contributed by atoms with E-state index in [0.29, 0.717) is 12.1 Å². The fourth-order valence-corrected chi connectivity index (χ4v) is 5.19. The third kappa shape index (κ3) is 3.48. The summed E-state index contributed by atoms with van der Waals surface area (Å²) in [7, 11) is 4.35. The summed E-state index contributed by atoms with van der Waals surface area (Å²) in [6.45, 7) is 2.27. The molecule has 0 aliphatic carbocycles. The van der Waals surface area contributed by atoms with Crippen molar-refractivity contribution in [3.63, 3.8) is 0 Å². The fraction of sp³-hybridized carbons (Fsp3) is 0.385. The Balaban J connectivity index is 1.26. The van der Waals surface area contributed by atoms with Crippen LogP contribution in [0.15, 0.2) is 36.4 Å². The molecule has 2 aliphatic rings. The summed E-state index contributed by atoms with van der Waals surface area (Å²) >= 11 is 0. The molecule has 0 radical (unpaired) electrons. The number of nitrogens with zero attached hydrogens (tertiary/aromatic N) is 4. The van der Waals surface area contributed by atoms with Crippen LogP contribution < -0.4 is 0 Å². The fourth-order valence-electron chi connectivity index (χ4n) is 5.19. The zero-order chi connectivity index (χ0) is 21.7. The van der Waals surface area contributed by atoms with Gasteiger partial charge in [-0.25, -0.2) is 9.97 Å². The Labute approximate surface area is 188 Å². The molecule has 4 heterocycles. The SMILES string of the molecule is CN1CCCC1c1nc2ccc(C#Cc3ccc4nc(C5CCCN5C)[nH]c4c3)cc2[nH]1. The number of aromatic amines is 2. The third-order valence-electron chi connectivity index (χ3n) is 7.02. The van der Waals surface area contributed by atoms with Gasteiger partial charge in [0.05, 0.1) is 34.2 Å². The molecule has 0 saturated carbocycles. The lowest BCUT2D eigenvalue weighted by molar-refractivity contribution is 0.307. The van der Waals surface area contributed by atoms with Crippen LogP contribution in [-0.4, -0.2) is 56.9 Å². The highest BCUT2D eigenvalue weighted by Crippen LogP contribution is 2.31. The lowest BCUT2D eigenvalue weighted by Crippen LogP contribution is -2.18. The van der Waals surface area contributed by atoms with Crippen LogP contribution in [0, 0.1) is 11.8 Å². The van der Waals surface area contributed by atoms with Crippen molar-refractivity contribution in [2.75, 3.05) is 27.2 Å². The zero-order valence-electron chi connectivity index (χ0n) is 18.7.